The molecule has 17 heavy (non-hydrogen) atoms. The molecule has 0 amide bonds. The maximum atomic E-state index is 6.07. The van der Waals surface area contributed by atoms with E-state index in [0.29, 0.717) is 18.3 Å². The van der Waals surface area contributed by atoms with E-state index < -0.39 is 0 Å². The fourth-order valence-corrected chi connectivity index (χ4v) is 1.93. The van der Waals surface area contributed by atoms with E-state index in [1.54, 1.807) is 13.3 Å². The maximum absolute atomic E-state index is 6.07. The number of aromatic nitrogens is 1. The first-order chi connectivity index (χ1) is 8.19. The highest BCUT2D eigenvalue weighted by atomic mass is 35.5. The van der Waals surface area contributed by atoms with Gasteiger partial charge in [-0.25, -0.2) is 4.98 Å². The van der Waals surface area contributed by atoms with Crippen molar-refractivity contribution in [3.05, 3.63) is 23.0 Å². The number of anilines is 1. The van der Waals surface area contributed by atoms with E-state index in [0.717, 1.165) is 24.1 Å². The third-order valence-corrected chi connectivity index (χ3v) is 2.87. The van der Waals surface area contributed by atoms with Crippen molar-refractivity contribution in [2.24, 2.45) is 5.73 Å². The molecule has 0 saturated carbocycles. The molecule has 3 N–H and O–H groups in total. The zero-order valence-electron chi connectivity index (χ0n) is 10.4. The van der Waals surface area contributed by atoms with Gasteiger partial charge in [0.2, 0.25) is 0 Å². The van der Waals surface area contributed by atoms with Crippen LogP contribution in [0.5, 0.6) is 0 Å². The van der Waals surface area contributed by atoms with Gasteiger partial charge in [0.1, 0.15) is 0 Å². The number of methoxy groups -OCH3 is 1. The Hall–Kier alpha value is -0.840. The van der Waals surface area contributed by atoms with E-state index in [2.05, 4.69) is 10.3 Å². The normalized spacial score (nSPS) is 12.5. The van der Waals surface area contributed by atoms with Crippen LogP contribution < -0.4 is 11.1 Å². The number of nitrogens with zero attached hydrogens (tertiary/aromatic N) is 1. The van der Waals surface area contributed by atoms with E-state index >= 15 is 0 Å². The summed E-state index contributed by atoms with van der Waals surface area (Å²) in [7, 11) is 1.69. The van der Waals surface area contributed by atoms with Crippen LogP contribution in [0.15, 0.2) is 12.3 Å². The Balaban J connectivity index is 2.70. The lowest BCUT2D eigenvalue weighted by atomic mass is 10.1. The molecular formula is C12H20ClN3O. The zero-order chi connectivity index (χ0) is 12.7. The van der Waals surface area contributed by atoms with E-state index in [9.17, 15) is 0 Å². The fourth-order valence-electron chi connectivity index (χ4n) is 1.67. The second-order valence-electron chi connectivity index (χ2n) is 4.02. The van der Waals surface area contributed by atoms with Crippen LogP contribution in [0.4, 0.5) is 5.69 Å². The first-order valence-electron chi connectivity index (χ1n) is 5.75. The number of ether oxygens (including phenoxy) is 1. The Bertz CT molecular complexity index is 326. The van der Waals surface area contributed by atoms with Crippen LogP contribution in [0.25, 0.3) is 0 Å². The summed E-state index contributed by atoms with van der Waals surface area (Å²) in [5.41, 5.74) is 7.48. The number of nitrogens with two attached hydrogens (primary N) is 1. The third kappa shape index (κ3) is 4.50. The molecule has 0 aliphatic rings. The fraction of sp³-hybridized carbons (Fsp3) is 0.583. The predicted octanol–water partition coefficient (Wildman–Crippen LogP) is 2.21. The highest BCUT2D eigenvalue weighted by Crippen LogP contribution is 2.24. The first kappa shape index (κ1) is 14.2. The van der Waals surface area contributed by atoms with Gasteiger partial charge in [-0.1, -0.05) is 11.6 Å². The van der Waals surface area contributed by atoms with Crippen LogP contribution in [0.1, 0.15) is 18.4 Å². The minimum atomic E-state index is 0.212. The van der Waals surface area contributed by atoms with Gasteiger partial charge < -0.3 is 15.8 Å². The number of hydrogen-bond acceptors (Lipinski definition) is 4. The van der Waals surface area contributed by atoms with Crippen molar-refractivity contribution < 1.29 is 4.74 Å². The molecule has 0 aliphatic carbocycles. The van der Waals surface area contributed by atoms with Gasteiger partial charge in [0.25, 0.3) is 0 Å². The Morgan fingerprint density at radius 1 is 1.59 bits per heavy atom. The van der Waals surface area contributed by atoms with Gasteiger partial charge in [0.15, 0.2) is 5.15 Å². The summed E-state index contributed by atoms with van der Waals surface area (Å²) in [5, 5.41) is 3.88. The molecular weight excluding hydrogens is 238 g/mol. The summed E-state index contributed by atoms with van der Waals surface area (Å²) in [6.07, 6.45) is 3.61. The molecule has 0 fully saturated rings. The second kappa shape index (κ2) is 7.48. The van der Waals surface area contributed by atoms with Gasteiger partial charge in [-0.2, -0.15) is 0 Å². The van der Waals surface area contributed by atoms with Crippen molar-refractivity contribution in [1.29, 1.82) is 0 Å². The first-order valence-corrected chi connectivity index (χ1v) is 6.13. The molecule has 5 heteroatoms. The SMILES string of the molecule is COCC(CCCN)Nc1c(C)ccnc1Cl. The van der Waals surface area contributed by atoms with Crippen LogP contribution in [0.3, 0.4) is 0 Å². The van der Waals surface area contributed by atoms with Crippen molar-refractivity contribution in [3.8, 4) is 0 Å². The summed E-state index contributed by atoms with van der Waals surface area (Å²) >= 11 is 6.07. The molecule has 1 heterocycles. The molecule has 1 rings (SSSR count). The van der Waals surface area contributed by atoms with Gasteiger partial charge in [0, 0.05) is 19.3 Å². The zero-order valence-corrected chi connectivity index (χ0v) is 11.1. The van der Waals surface area contributed by atoms with Gasteiger partial charge in [-0.15, -0.1) is 0 Å². The van der Waals surface area contributed by atoms with Crippen LogP contribution >= 0.6 is 11.6 Å². The maximum Gasteiger partial charge on any atom is 0.152 e. The third-order valence-electron chi connectivity index (χ3n) is 2.59. The lowest BCUT2D eigenvalue weighted by Gasteiger charge is -2.20. The summed E-state index contributed by atoms with van der Waals surface area (Å²) < 4.78 is 5.19. The lowest BCUT2D eigenvalue weighted by molar-refractivity contribution is 0.182. The van der Waals surface area contributed by atoms with Crippen molar-refractivity contribution in [2.75, 3.05) is 25.6 Å². The van der Waals surface area contributed by atoms with E-state index in [4.69, 9.17) is 22.1 Å². The smallest absolute Gasteiger partial charge is 0.152 e. The highest BCUT2D eigenvalue weighted by Gasteiger charge is 2.12. The Kier molecular flexibility index (Phi) is 6.26. The van der Waals surface area contributed by atoms with Gasteiger partial charge >= 0.3 is 0 Å². The van der Waals surface area contributed by atoms with Crippen molar-refractivity contribution in [3.63, 3.8) is 0 Å². The average molecular weight is 258 g/mol. The van der Waals surface area contributed by atoms with Crippen LogP contribution in [0.2, 0.25) is 5.15 Å². The molecule has 0 aliphatic heterocycles. The van der Waals surface area contributed by atoms with Crippen molar-refractivity contribution in [2.45, 2.75) is 25.8 Å². The molecule has 1 atom stereocenters. The monoisotopic (exact) mass is 257 g/mol. The van der Waals surface area contributed by atoms with Gasteiger partial charge in [-0.3, -0.25) is 0 Å². The molecule has 0 saturated heterocycles. The molecule has 0 spiro atoms. The largest absolute Gasteiger partial charge is 0.383 e. The Morgan fingerprint density at radius 3 is 2.94 bits per heavy atom. The van der Waals surface area contributed by atoms with Crippen LogP contribution in [-0.4, -0.2) is 31.3 Å². The van der Waals surface area contributed by atoms with Crippen molar-refractivity contribution >= 4 is 17.3 Å². The Labute approximate surface area is 108 Å². The standard InChI is InChI=1S/C12H20ClN3O/c1-9-5-7-15-12(13)11(9)16-10(8-17-2)4-3-6-14/h5,7,10,16H,3-4,6,8,14H2,1-2H3. The van der Waals surface area contributed by atoms with Crippen LogP contribution in [0, 0.1) is 6.92 Å². The van der Waals surface area contributed by atoms with E-state index in [-0.39, 0.29) is 6.04 Å². The number of halogens is 1. The number of hydrogen-bond donors (Lipinski definition) is 2. The number of nitrogens with one attached hydrogen (secondary N) is 1. The quantitative estimate of drug-likeness (QED) is 0.736. The average Bonchev–Trinajstić information content (AvgIpc) is 2.31. The molecule has 4 nitrogen and oxygen atoms in total. The summed E-state index contributed by atoms with van der Waals surface area (Å²) in [4.78, 5) is 4.07. The summed E-state index contributed by atoms with van der Waals surface area (Å²) in [6.45, 7) is 3.31. The minimum absolute atomic E-state index is 0.212. The van der Waals surface area contributed by atoms with Gasteiger partial charge in [0.05, 0.1) is 12.3 Å². The second-order valence-corrected chi connectivity index (χ2v) is 4.38. The molecule has 96 valence electrons. The van der Waals surface area contributed by atoms with E-state index in [1.807, 2.05) is 13.0 Å². The number of pyridine rings is 1. The molecule has 1 unspecified atom stereocenters. The highest BCUT2D eigenvalue weighted by molar-refractivity contribution is 6.32. The summed E-state index contributed by atoms with van der Waals surface area (Å²) in [5.74, 6) is 0. The minimum Gasteiger partial charge on any atom is -0.383 e. The van der Waals surface area contributed by atoms with Crippen LogP contribution in [-0.2, 0) is 4.74 Å². The molecule has 0 bridgehead atoms. The molecule has 1 aromatic rings. The molecule has 1 aromatic heterocycles. The number of rotatable bonds is 7. The van der Waals surface area contributed by atoms with Crippen molar-refractivity contribution in [1.82, 2.24) is 4.98 Å². The molecule has 0 radical (unpaired) electrons. The number of aryl methyl sites for hydroxylation is 1. The topological polar surface area (TPSA) is 60.2 Å². The van der Waals surface area contributed by atoms with E-state index in [1.165, 1.54) is 0 Å². The predicted molar refractivity (Wildman–Crippen MR) is 71.6 cm³/mol. The summed E-state index contributed by atoms with van der Waals surface area (Å²) in [6, 6.07) is 2.14. The van der Waals surface area contributed by atoms with Gasteiger partial charge in [-0.05, 0) is 37.9 Å². The lowest BCUT2D eigenvalue weighted by Crippen LogP contribution is -2.26. The molecule has 0 aromatic carbocycles. The Morgan fingerprint density at radius 2 is 2.35 bits per heavy atom.